The highest BCUT2D eigenvalue weighted by Gasteiger charge is 2.39. The third kappa shape index (κ3) is 6.27. The van der Waals surface area contributed by atoms with Crippen LogP contribution in [-0.4, -0.2) is 91.1 Å². The fourth-order valence-corrected chi connectivity index (χ4v) is 4.21. The molecule has 0 aromatic heterocycles. The number of hydrogen-bond acceptors (Lipinski definition) is 5. The number of likely N-dealkylation sites (tertiary alicyclic amines) is 1. The highest BCUT2D eigenvalue weighted by molar-refractivity contribution is 5.80. The number of piperidine rings is 1. The van der Waals surface area contributed by atoms with E-state index in [1.165, 1.54) is 0 Å². The highest BCUT2D eigenvalue weighted by Crippen LogP contribution is 2.33. The van der Waals surface area contributed by atoms with E-state index in [-0.39, 0.29) is 36.4 Å². The van der Waals surface area contributed by atoms with Crippen LogP contribution in [0.5, 0.6) is 0 Å². The lowest BCUT2D eigenvalue weighted by Crippen LogP contribution is -2.53. The Labute approximate surface area is 178 Å². The molecule has 2 heterocycles. The number of nitrogens with zero attached hydrogens (tertiary/aromatic N) is 3. The van der Waals surface area contributed by atoms with Crippen molar-refractivity contribution >= 4 is 18.3 Å². The summed E-state index contributed by atoms with van der Waals surface area (Å²) in [5.74, 6) is 0.296. The molecule has 30 heavy (non-hydrogen) atoms. The van der Waals surface area contributed by atoms with Crippen LogP contribution in [-0.2, 0) is 19.1 Å². The molecule has 0 aliphatic carbocycles. The van der Waals surface area contributed by atoms with Gasteiger partial charge in [0.2, 0.25) is 11.8 Å². The second kappa shape index (κ2) is 11.7. The zero-order valence-electron chi connectivity index (χ0n) is 18.1. The third-order valence-electron chi connectivity index (χ3n) is 5.61. The molecular formula is C22H33N3O5. The number of benzene rings is 1. The van der Waals surface area contributed by atoms with E-state index < -0.39 is 0 Å². The molecule has 0 saturated carbocycles. The molecule has 2 amide bonds. The molecule has 2 aliphatic heterocycles. The van der Waals surface area contributed by atoms with Crippen molar-refractivity contribution in [2.45, 2.75) is 31.9 Å². The van der Waals surface area contributed by atoms with Crippen molar-refractivity contribution in [2.24, 2.45) is 5.92 Å². The van der Waals surface area contributed by atoms with Crippen LogP contribution >= 0.6 is 0 Å². The van der Waals surface area contributed by atoms with Crippen molar-refractivity contribution in [3.63, 3.8) is 0 Å². The average Bonchev–Trinajstić information content (AvgIpc) is 2.74. The van der Waals surface area contributed by atoms with Gasteiger partial charge in [0.15, 0.2) is 0 Å². The lowest BCUT2D eigenvalue weighted by atomic mass is 9.91. The molecule has 0 bridgehead atoms. The first-order chi connectivity index (χ1) is 14.4. The number of carboxylic acid groups (broad SMARTS) is 1. The van der Waals surface area contributed by atoms with Gasteiger partial charge in [-0.1, -0.05) is 30.3 Å². The summed E-state index contributed by atoms with van der Waals surface area (Å²) in [6.45, 7) is 4.66. The lowest BCUT2D eigenvalue weighted by Gasteiger charge is -2.44. The first-order valence-corrected chi connectivity index (χ1v) is 10.3. The maximum Gasteiger partial charge on any atom is 0.290 e. The van der Waals surface area contributed by atoms with Gasteiger partial charge < -0.3 is 24.5 Å². The van der Waals surface area contributed by atoms with Gasteiger partial charge in [-0.2, -0.15) is 0 Å². The van der Waals surface area contributed by atoms with Crippen LogP contribution in [0.1, 0.15) is 31.4 Å². The van der Waals surface area contributed by atoms with Crippen molar-refractivity contribution < 1.29 is 24.2 Å². The molecule has 166 valence electrons. The lowest BCUT2D eigenvalue weighted by molar-refractivity contribution is -0.154. The average molecular weight is 420 g/mol. The van der Waals surface area contributed by atoms with Crippen molar-refractivity contribution in [1.29, 1.82) is 0 Å². The van der Waals surface area contributed by atoms with Crippen LogP contribution in [0.3, 0.4) is 0 Å². The van der Waals surface area contributed by atoms with Gasteiger partial charge in [0.05, 0.1) is 18.8 Å². The third-order valence-corrected chi connectivity index (χ3v) is 5.61. The second-order valence-corrected chi connectivity index (χ2v) is 7.94. The largest absolute Gasteiger partial charge is 0.483 e. The van der Waals surface area contributed by atoms with Crippen LogP contribution in [0.15, 0.2) is 30.3 Å². The van der Waals surface area contributed by atoms with E-state index in [0.29, 0.717) is 26.2 Å². The Morgan fingerprint density at radius 1 is 1.17 bits per heavy atom. The molecular weight excluding hydrogens is 386 g/mol. The molecule has 8 heteroatoms. The molecule has 1 aromatic carbocycles. The number of amides is 2. The summed E-state index contributed by atoms with van der Waals surface area (Å²) in [7, 11) is 4.06. The smallest absolute Gasteiger partial charge is 0.290 e. The predicted molar refractivity (Wildman–Crippen MR) is 113 cm³/mol. The van der Waals surface area contributed by atoms with E-state index in [9.17, 15) is 9.59 Å². The Morgan fingerprint density at radius 3 is 2.30 bits per heavy atom. The first kappa shape index (κ1) is 23.8. The molecule has 0 radical (unpaired) electrons. The molecule has 3 rings (SSSR count). The first-order valence-electron chi connectivity index (χ1n) is 10.3. The molecule has 2 atom stereocenters. The van der Waals surface area contributed by atoms with Gasteiger partial charge >= 0.3 is 0 Å². The number of likely N-dealkylation sites (N-methyl/N-ethyl adjacent to an activating group) is 1. The predicted octanol–water partition coefficient (Wildman–Crippen LogP) is 1.48. The zero-order chi connectivity index (χ0) is 22.1. The number of carbonyl (C=O) groups excluding carboxylic acids is 2. The minimum atomic E-state index is -0.250. The maximum atomic E-state index is 13.4. The molecule has 0 unspecified atom stereocenters. The van der Waals surface area contributed by atoms with E-state index in [4.69, 9.17) is 14.6 Å². The van der Waals surface area contributed by atoms with E-state index >= 15 is 0 Å². The fraction of sp³-hybridized carbons (Fsp3) is 0.591. The van der Waals surface area contributed by atoms with Gasteiger partial charge in [-0.15, -0.1) is 0 Å². The fourth-order valence-electron chi connectivity index (χ4n) is 4.21. The quantitative estimate of drug-likeness (QED) is 0.744. The minimum absolute atomic E-state index is 0.00933. The molecule has 0 spiro atoms. The Morgan fingerprint density at radius 2 is 1.77 bits per heavy atom. The summed E-state index contributed by atoms with van der Waals surface area (Å²) < 4.78 is 6.08. The molecule has 2 fully saturated rings. The van der Waals surface area contributed by atoms with Crippen LogP contribution in [0.25, 0.3) is 0 Å². The SMILES string of the molecule is CC(=O)N1CCC(C(=O)N2CCO[C@@H](CN(C)C)[C@@H]2c2ccccc2)CC1.O=CO. The van der Waals surface area contributed by atoms with Gasteiger partial charge in [0, 0.05) is 39.0 Å². The van der Waals surface area contributed by atoms with E-state index in [1.807, 2.05) is 42.1 Å². The Hall–Kier alpha value is -2.45. The van der Waals surface area contributed by atoms with Crippen LogP contribution in [0.4, 0.5) is 0 Å². The number of carbonyl (C=O) groups is 3. The second-order valence-electron chi connectivity index (χ2n) is 7.94. The molecule has 1 aromatic rings. The van der Waals surface area contributed by atoms with Crippen molar-refractivity contribution in [1.82, 2.24) is 14.7 Å². The Bertz CT molecular complexity index is 689. The summed E-state index contributed by atoms with van der Waals surface area (Å²) >= 11 is 0. The van der Waals surface area contributed by atoms with E-state index in [2.05, 4.69) is 17.0 Å². The van der Waals surface area contributed by atoms with Gasteiger partial charge in [-0.05, 0) is 32.5 Å². The Kier molecular flexibility index (Phi) is 9.26. The summed E-state index contributed by atoms with van der Waals surface area (Å²) in [5.41, 5.74) is 1.12. The van der Waals surface area contributed by atoms with E-state index in [0.717, 1.165) is 24.9 Å². The normalized spacial score (nSPS) is 22.3. The summed E-state index contributed by atoms with van der Waals surface area (Å²) in [4.78, 5) is 39.3. The molecule has 1 N–H and O–H groups in total. The maximum absolute atomic E-state index is 13.4. The minimum Gasteiger partial charge on any atom is -0.483 e. The van der Waals surface area contributed by atoms with Crippen LogP contribution in [0.2, 0.25) is 0 Å². The summed E-state index contributed by atoms with van der Waals surface area (Å²) in [6, 6.07) is 10.1. The number of hydrogen-bond donors (Lipinski definition) is 1. The Balaban J connectivity index is 0.00000101. The summed E-state index contributed by atoms with van der Waals surface area (Å²) in [5, 5.41) is 6.89. The zero-order valence-corrected chi connectivity index (χ0v) is 18.1. The van der Waals surface area contributed by atoms with Gasteiger partial charge in [0.25, 0.3) is 6.47 Å². The molecule has 2 saturated heterocycles. The summed E-state index contributed by atoms with van der Waals surface area (Å²) in [6.07, 6.45) is 1.45. The van der Waals surface area contributed by atoms with Crippen molar-refractivity contribution in [3.05, 3.63) is 35.9 Å². The van der Waals surface area contributed by atoms with Gasteiger partial charge in [0.1, 0.15) is 0 Å². The number of ether oxygens (including phenoxy) is 1. The van der Waals surface area contributed by atoms with Crippen LogP contribution in [0, 0.1) is 5.92 Å². The van der Waals surface area contributed by atoms with Gasteiger partial charge in [-0.3, -0.25) is 14.4 Å². The van der Waals surface area contributed by atoms with Crippen molar-refractivity contribution in [3.8, 4) is 0 Å². The number of rotatable bonds is 4. The van der Waals surface area contributed by atoms with Crippen molar-refractivity contribution in [2.75, 3.05) is 46.9 Å². The van der Waals surface area contributed by atoms with Crippen LogP contribution < -0.4 is 0 Å². The van der Waals surface area contributed by atoms with E-state index in [1.54, 1.807) is 6.92 Å². The topological polar surface area (TPSA) is 90.4 Å². The molecule has 2 aliphatic rings. The number of morpholine rings is 1. The standard InChI is InChI=1S/C21H31N3O3.CH2O2/c1-16(25)23-11-9-18(10-12-23)21(26)24-13-14-27-19(15-22(2)3)20(24)17-7-5-4-6-8-17;2-1-3/h4-8,18-20H,9-15H2,1-3H3;1H,(H,2,3)/t19-,20-;/m0./s1. The van der Waals surface area contributed by atoms with Gasteiger partial charge in [-0.25, -0.2) is 0 Å². The monoisotopic (exact) mass is 419 g/mol. The molecule has 8 nitrogen and oxygen atoms in total. The highest BCUT2D eigenvalue weighted by atomic mass is 16.5.